The summed E-state index contributed by atoms with van der Waals surface area (Å²) in [6.07, 6.45) is 0. The van der Waals surface area contributed by atoms with E-state index >= 15 is 0 Å². The Hall–Kier alpha value is -2.30. The summed E-state index contributed by atoms with van der Waals surface area (Å²) in [6.45, 7) is 2.35. The maximum atomic E-state index is 13.1. The van der Waals surface area contributed by atoms with Gasteiger partial charge in [-0.15, -0.1) is 12.4 Å². The van der Waals surface area contributed by atoms with Gasteiger partial charge in [0.25, 0.3) is 0 Å². The Kier molecular flexibility index (Phi) is 5.42. The van der Waals surface area contributed by atoms with Crippen LogP contribution in [0.2, 0.25) is 0 Å². The molecule has 0 fully saturated rings. The first-order chi connectivity index (χ1) is 10.7. The van der Waals surface area contributed by atoms with E-state index < -0.39 is 0 Å². The van der Waals surface area contributed by atoms with E-state index in [-0.39, 0.29) is 18.2 Å². The first-order valence-electron chi connectivity index (χ1n) is 7.07. The van der Waals surface area contributed by atoms with Crippen molar-refractivity contribution in [3.63, 3.8) is 0 Å². The van der Waals surface area contributed by atoms with Gasteiger partial charge in [0.15, 0.2) is 5.82 Å². The second kappa shape index (κ2) is 7.31. The average molecular weight is 330 g/mol. The highest BCUT2D eigenvalue weighted by Crippen LogP contribution is 2.24. The number of hydrogen-bond acceptors (Lipinski definition) is 3. The van der Waals surface area contributed by atoms with E-state index in [1.165, 1.54) is 12.1 Å². The molecule has 3 aromatic rings. The fraction of sp³-hybridized carbons (Fsp3) is 0.111. The molecular formula is C18H17ClFN3. The number of aromatic nitrogens is 2. The zero-order valence-electron chi connectivity index (χ0n) is 12.7. The minimum absolute atomic E-state index is 0. The highest BCUT2D eigenvalue weighted by atomic mass is 35.5. The number of halogens is 2. The number of hydrogen-bond donors (Lipinski definition) is 1. The SMILES string of the molecule is Cc1ccccc1-c1nc(CN)cc(-c2ccc(F)cc2)n1.Cl. The summed E-state index contributed by atoms with van der Waals surface area (Å²) in [5.41, 5.74) is 10.2. The Labute approximate surface area is 140 Å². The maximum absolute atomic E-state index is 13.1. The van der Waals surface area contributed by atoms with Crippen molar-refractivity contribution in [3.8, 4) is 22.6 Å². The largest absolute Gasteiger partial charge is 0.325 e. The predicted octanol–water partition coefficient (Wildman–Crippen LogP) is 4.14. The van der Waals surface area contributed by atoms with Crippen molar-refractivity contribution >= 4 is 12.4 Å². The molecule has 0 aliphatic rings. The van der Waals surface area contributed by atoms with Gasteiger partial charge in [0, 0.05) is 17.7 Å². The van der Waals surface area contributed by atoms with Crippen LogP contribution in [-0.2, 0) is 6.54 Å². The molecule has 0 unspecified atom stereocenters. The van der Waals surface area contributed by atoms with Gasteiger partial charge in [-0.05, 0) is 42.8 Å². The van der Waals surface area contributed by atoms with Crippen molar-refractivity contribution in [1.82, 2.24) is 9.97 Å². The maximum Gasteiger partial charge on any atom is 0.160 e. The lowest BCUT2D eigenvalue weighted by molar-refractivity contribution is 0.628. The molecule has 2 N–H and O–H groups in total. The normalized spacial score (nSPS) is 10.2. The monoisotopic (exact) mass is 329 g/mol. The summed E-state index contributed by atoms with van der Waals surface area (Å²) in [5, 5.41) is 0. The van der Waals surface area contributed by atoms with Crippen LogP contribution < -0.4 is 5.73 Å². The molecule has 23 heavy (non-hydrogen) atoms. The van der Waals surface area contributed by atoms with Crippen molar-refractivity contribution in [2.24, 2.45) is 5.73 Å². The van der Waals surface area contributed by atoms with Gasteiger partial charge in [-0.25, -0.2) is 14.4 Å². The van der Waals surface area contributed by atoms with Crippen molar-refractivity contribution < 1.29 is 4.39 Å². The van der Waals surface area contributed by atoms with Crippen molar-refractivity contribution in [2.75, 3.05) is 0 Å². The Morgan fingerprint density at radius 2 is 1.70 bits per heavy atom. The summed E-state index contributed by atoms with van der Waals surface area (Å²) in [5.74, 6) is 0.372. The second-order valence-corrected chi connectivity index (χ2v) is 5.09. The van der Waals surface area contributed by atoms with Crippen molar-refractivity contribution in [1.29, 1.82) is 0 Å². The molecule has 0 bridgehead atoms. The smallest absolute Gasteiger partial charge is 0.160 e. The molecule has 2 aromatic carbocycles. The van der Waals surface area contributed by atoms with Gasteiger partial charge >= 0.3 is 0 Å². The third kappa shape index (κ3) is 3.73. The van der Waals surface area contributed by atoms with Crippen LogP contribution in [0.3, 0.4) is 0 Å². The third-order valence-corrected chi connectivity index (χ3v) is 3.51. The van der Waals surface area contributed by atoms with E-state index in [1.54, 1.807) is 12.1 Å². The van der Waals surface area contributed by atoms with E-state index in [0.29, 0.717) is 12.4 Å². The van der Waals surface area contributed by atoms with Crippen LogP contribution >= 0.6 is 12.4 Å². The molecule has 5 heteroatoms. The first-order valence-corrected chi connectivity index (χ1v) is 7.07. The topological polar surface area (TPSA) is 51.8 Å². The highest BCUT2D eigenvalue weighted by molar-refractivity contribution is 5.85. The number of benzene rings is 2. The van der Waals surface area contributed by atoms with Crippen LogP contribution in [0.25, 0.3) is 22.6 Å². The molecule has 0 atom stereocenters. The molecule has 0 aliphatic heterocycles. The van der Waals surface area contributed by atoms with E-state index in [0.717, 1.165) is 28.1 Å². The molecule has 118 valence electrons. The number of nitrogens with two attached hydrogens (primary N) is 1. The molecule has 0 radical (unpaired) electrons. The van der Waals surface area contributed by atoms with Gasteiger partial charge in [-0.1, -0.05) is 24.3 Å². The van der Waals surface area contributed by atoms with E-state index in [1.807, 2.05) is 37.3 Å². The first kappa shape index (κ1) is 17.1. The van der Waals surface area contributed by atoms with Crippen LogP contribution in [0.5, 0.6) is 0 Å². The van der Waals surface area contributed by atoms with E-state index in [2.05, 4.69) is 9.97 Å². The standard InChI is InChI=1S/C18H16FN3.ClH/c1-12-4-2-3-5-16(12)18-21-15(11-20)10-17(22-18)13-6-8-14(19)9-7-13;/h2-10H,11,20H2,1H3;1H. The van der Waals surface area contributed by atoms with Crippen molar-refractivity contribution in [3.05, 3.63) is 71.7 Å². The molecule has 3 nitrogen and oxygen atoms in total. The Morgan fingerprint density at radius 1 is 1.00 bits per heavy atom. The lowest BCUT2D eigenvalue weighted by Gasteiger charge is -2.09. The predicted molar refractivity (Wildman–Crippen MR) is 92.7 cm³/mol. The minimum Gasteiger partial charge on any atom is -0.325 e. The zero-order valence-corrected chi connectivity index (χ0v) is 13.5. The summed E-state index contributed by atoms with van der Waals surface area (Å²) >= 11 is 0. The van der Waals surface area contributed by atoms with Gasteiger partial charge in [-0.2, -0.15) is 0 Å². The summed E-state index contributed by atoms with van der Waals surface area (Å²) in [7, 11) is 0. The van der Waals surface area contributed by atoms with Crippen LogP contribution in [0.15, 0.2) is 54.6 Å². The third-order valence-electron chi connectivity index (χ3n) is 3.51. The minimum atomic E-state index is -0.268. The molecule has 3 rings (SSSR count). The molecule has 1 aromatic heterocycles. The lowest BCUT2D eigenvalue weighted by atomic mass is 10.1. The van der Waals surface area contributed by atoms with Gasteiger partial charge in [0.05, 0.1) is 11.4 Å². The van der Waals surface area contributed by atoms with Crippen molar-refractivity contribution in [2.45, 2.75) is 13.5 Å². The van der Waals surface area contributed by atoms with Crippen LogP contribution in [-0.4, -0.2) is 9.97 Å². The molecule has 0 spiro atoms. The number of aryl methyl sites for hydroxylation is 1. The molecule has 1 heterocycles. The average Bonchev–Trinajstić information content (AvgIpc) is 2.55. The van der Waals surface area contributed by atoms with E-state index in [9.17, 15) is 4.39 Å². The summed E-state index contributed by atoms with van der Waals surface area (Å²) in [6, 6.07) is 16.0. The lowest BCUT2D eigenvalue weighted by Crippen LogP contribution is -2.04. The van der Waals surface area contributed by atoms with Crippen LogP contribution in [0.1, 0.15) is 11.3 Å². The Balaban J connectivity index is 0.00000192. The van der Waals surface area contributed by atoms with E-state index in [4.69, 9.17) is 5.73 Å². The summed E-state index contributed by atoms with van der Waals surface area (Å²) < 4.78 is 13.1. The number of rotatable bonds is 3. The van der Waals surface area contributed by atoms with Gasteiger partial charge in [0.1, 0.15) is 5.82 Å². The Bertz CT molecular complexity index is 804. The Morgan fingerprint density at radius 3 is 2.35 bits per heavy atom. The fourth-order valence-electron chi connectivity index (χ4n) is 2.31. The molecule has 0 aliphatic carbocycles. The number of nitrogens with zero attached hydrogens (tertiary/aromatic N) is 2. The van der Waals surface area contributed by atoms with Crippen LogP contribution in [0, 0.1) is 12.7 Å². The fourth-order valence-corrected chi connectivity index (χ4v) is 2.31. The molecule has 0 saturated carbocycles. The summed E-state index contributed by atoms with van der Waals surface area (Å²) in [4.78, 5) is 9.14. The second-order valence-electron chi connectivity index (χ2n) is 5.09. The quantitative estimate of drug-likeness (QED) is 0.785. The zero-order chi connectivity index (χ0) is 15.5. The van der Waals surface area contributed by atoms with Gasteiger partial charge in [0.2, 0.25) is 0 Å². The molecule has 0 saturated heterocycles. The molecular weight excluding hydrogens is 313 g/mol. The molecule has 0 amide bonds. The van der Waals surface area contributed by atoms with Crippen LogP contribution in [0.4, 0.5) is 4.39 Å². The van der Waals surface area contributed by atoms with Gasteiger partial charge in [-0.3, -0.25) is 0 Å². The van der Waals surface area contributed by atoms with Gasteiger partial charge < -0.3 is 5.73 Å². The highest BCUT2D eigenvalue weighted by Gasteiger charge is 2.10.